The second kappa shape index (κ2) is 5.01. The smallest absolute Gasteiger partial charge is 0.325 e. The van der Waals surface area contributed by atoms with Crippen LogP contribution in [-0.4, -0.2) is 42.8 Å². The van der Waals surface area contributed by atoms with Gasteiger partial charge in [-0.15, -0.1) is 0 Å². The second-order valence-corrected chi connectivity index (χ2v) is 5.26. The fourth-order valence-electron chi connectivity index (χ4n) is 2.92. The second-order valence-electron chi connectivity index (χ2n) is 5.26. The highest BCUT2D eigenvalue weighted by Gasteiger charge is 2.53. The van der Waals surface area contributed by atoms with Crippen LogP contribution in [0.1, 0.15) is 12.0 Å². The number of ether oxygens (including phenoxy) is 1. The molecular formula is C14H17N3O4. The topological polar surface area (TPSA) is 99.7 Å². The lowest BCUT2D eigenvalue weighted by atomic mass is 9.91. The molecule has 3 atom stereocenters. The van der Waals surface area contributed by atoms with Crippen molar-refractivity contribution in [2.75, 3.05) is 19.0 Å². The van der Waals surface area contributed by atoms with Crippen molar-refractivity contribution in [3.8, 4) is 0 Å². The lowest BCUT2D eigenvalue weighted by Crippen LogP contribution is -2.46. The number of para-hydroxylation sites is 1. The Morgan fingerprint density at radius 1 is 1.48 bits per heavy atom. The number of hydrogen-bond acceptors (Lipinski definition) is 6. The van der Waals surface area contributed by atoms with Gasteiger partial charge in [-0.3, -0.25) is 14.9 Å². The number of amides is 1. The van der Waals surface area contributed by atoms with Crippen LogP contribution in [0.25, 0.3) is 0 Å². The maximum Gasteiger partial charge on any atom is 0.325 e. The van der Waals surface area contributed by atoms with Crippen molar-refractivity contribution in [1.82, 2.24) is 10.6 Å². The number of benzene rings is 1. The Bertz CT molecular complexity index is 591. The zero-order chi connectivity index (χ0) is 15.0. The molecular weight excluding hydrogens is 274 g/mol. The highest BCUT2D eigenvalue weighted by molar-refractivity contribution is 5.86. The highest BCUT2D eigenvalue weighted by atomic mass is 16.5. The van der Waals surface area contributed by atoms with Crippen molar-refractivity contribution in [2.45, 2.75) is 24.2 Å². The van der Waals surface area contributed by atoms with Crippen molar-refractivity contribution < 1.29 is 19.4 Å². The van der Waals surface area contributed by atoms with Gasteiger partial charge in [-0.25, -0.2) is 0 Å². The summed E-state index contributed by atoms with van der Waals surface area (Å²) in [4.78, 5) is 23.1. The Labute approximate surface area is 121 Å². The SMILES string of the molecule is COC(=O)CNC(=O)[C@@H]1C[C@@]2(O)c3ccccc3N[C@H]2N1. The molecule has 3 rings (SSSR count). The van der Waals surface area contributed by atoms with E-state index in [9.17, 15) is 14.7 Å². The molecule has 0 bridgehead atoms. The predicted octanol–water partition coefficient (Wildman–Crippen LogP) is -0.723. The van der Waals surface area contributed by atoms with Crippen LogP contribution in [0.15, 0.2) is 24.3 Å². The number of rotatable bonds is 3. The van der Waals surface area contributed by atoms with E-state index in [4.69, 9.17) is 0 Å². The van der Waals surface area contributed by atoms with E-state index in [0.717, 1.165) is 11.3 Å². The molecule has 0 aromatic heterocycles. The Morgan fingerprint density at radius 2 is 2.24 bits per heavy atom. The summed E-state index contributed by atoms with van der Waals surface area (Å²) in [6.07, 6.45) is -0.168. The highest BCUT2D eigenvalue weighted by Crippen LogP contribution is 2.44. The molecule has 1 fully saturated rings. The fourth-order valence-corrected chi connectivity index (χ4v) is 2.92. The van der Waals surface area contributed by atoms with Gasteiger partial charge < -0.3 is 20.5 Å². The number of hydrogen-bond donors (Lipinski definition) is 4. The summed E-state index contributed by atoms with van der Waals surface area (Å²) < 4.78 is 4.47. The zero-order valence-corrected chi connectivity index (χ0v) is 11.6. The third kappa shape index (κ3) is 2.24. The summed E-state index contributed by atoms with van der Waals surface area (Å²) in [6, 6.07) is 6.91. The van der Waals surface area contributed by atoms with Gasteiger partial charge in [0.25, 0.3) is 0 Å². The van der Waals surface area contributed by atoms with Crippen molar-refractivity contribution >= 4 is 17.6 Å². The van der Waals surface area contributed by atoms with Crippen LogP contribution in [0.2, 0.25) is 0 Å². The van der Waals surface area contributed by atoms with Crippen LogP contribution in [0, 0.1) is 0 Å². The molecule has 2 aliphatic heterocycles. The van der Waals surface area contributed by atoms with Gasteiger partial charge in [0.15, 0.2) is 0 Å². The number of anilines is 1. The van der Waals surface area contributed by atoms with Gasteiger partial charge in [0.05, 0.1) is 13.2 Å². The number of fused-ring (bicyclic) bond motifs is 3. The zero-order valence-electron chi connectivity index (χ0n) is 11.6. The molecule has 0 radical (unpaired) electrons. The molecule has 1 amide bonds. The molecule has 1 saturated heterocycles. The largest absolute Gasteiger partial charge is 0.468 e. The van der Waals surface area contributed by atoms with Gasteiger partial charge in [-0.05, 0) is 6.07 Å². The van der Waals surface area contributed by atoms with E-state index in [0.29, 0.717) is 0 Å². The first kappa shape index (κ1) is 13.8. The monoisotopic (exact) mass is 291 g/mol. The number of nitrogens with one attached hydrogen (secondary N) is 3. The summed E-state index contributed by atoms with van der Waals surface area (Å²) in [5.74, 6) is -0.841. The number of carbonyl (C=O) groups is 2. The summed E-state index contributed by atoms with van der Waals surface area (Å²) in [6.45, 7) is -0.180. The quantitative estimate of drug-likeness (QED) is 0.548. The Balaban J connectivity index is 1.69. The summed E-state index contributed by atoms with van der Waals surface area (Å²) in [7, 11) is 1.26. The summed E-state index contributed by atoms with van der Waals surface area (Å²) in [5.41, 5.74) is 0.529. The van der Waals surface area contributed by atoms with Crippen LogP contribution in [0.5, 0.6) is 0 Å². The van der Waals surface area contributed by atoms with E-state index in [1.807, 2.05) is 24.3 Å². The van der Waals surface area contributed by atoms with Crippen LogP contribution < -0.4 is 16.0 Å². The van der Waals surface area contributed by atoms with Crippen molar-refractivity contribution in [3.05, 3.63) is 29.8 Å². The minimum Gasteiger partial charge on any atom is -0.468 e. The third-order valence-corrected chi connectivity index (χ3v) is 4.01. The summed E-state index contributed by atoms with van der Waals surface area (Å²) in [5, 5.41) is 19.5. The maximum absolute atomic E-state index is 12.0. The average Bonchev–Trinajstić information content (AvgIpc) is 2.95. The lowest BCUT2D eigenvalue weighted by Gasteiger charge is -2.21. The number of esters is 1. The fraction of sp³-hybridized carbons (Fsp3) is 0.429. The molecule has 7 nitrogen and oxygen atoms in total. The van der Waals surface area contributed by atoms with Gasteiger partial charge in [0.1, 0.15) is 18.3 Å². The lowest BCUT2D eigenvalue weighted by molar-refractivity contribution is -0.141. The summed E-state index contributed by atoms with van der Waals surface area (Å²) >= 11 is 0. The minimum atomic E-state index is -1.12. The van der Waals surface area contributed by atoms with Crippen molar-refractivity contribution in [3.63, 3.8) is 0 Å². The molecule has 0 saturated carbocycles. The first-order valence-corrected chi connectivity index (χ1v) is 6.73. The number of carbonyl (C=O) groups excluding carboxylic acids is 2. The number of aliphatic hydroxyl groups is 1. The van der Waals surface area contributed by atoms with Crippen molar-refractivity contribution in [1.29, 1.82) is 0 Å². The molecule has 7 heteroatoms. The Kier molecular flexibility index (Phi) is 3.30. The molecule has 2 heterocycles. The molecule has 0 unspecified atom stereocenters. The molecule has 1 aromatic rings. The van der Waals surface area contributed by atoms with Crippen LogP contribution in [-0.2, 0) is 19.9 Å². The van der Waals surface area contributed by atoms with Crippen LogP contribution in [0.3, 0.4) is 0 Å². The van der Waals surface area contributed by atoms with E-state index < -0.39 is 23.8 Å². The third-order valence-electron chi connectivity index (χ3n) is 4.01. The first-order valence-electron chi connectivity index (χ1n) is 6.73. The van der Waals surface area contributed by atoms with E-state index in [1.165, 1.54) is 7.11 Å². The van der Waals surface area contributed by atoms with Gasteiger partial charge in [-0.2, -0.15) is 0 Å². The van der Waals surface area contributed by atoms with E-state index in [-0.39, 0.29) is 18.9 Å². The maximum atomic E-state index is 12.0. The Hall–Kier alpha value is -2.12. The van der Waals surface area contributed by atoms with Gasteiger partial charge in [0, 0.05) is 17.7 Å². The predicted molar refractivity (Wildman–Crippen MR) is 74.3 cm³/mol. The first-order chi connectivity index (χ1) is 10.0. The van der Waals surface area contributed by atoms with Crippen molar-refractivity contribution in [2.24, 2.45) is 0 Å². The van der Waals surface area contributed by atoms with E-state index in [1.54, 1.807) is 0 Å². The van der Waals surface area contributed by atoms with E-state index in [2.05, 4.69) is 20.7 Å². The average molecular weight is 291 g/mol. The van der Waals surface area contributed by atoms with Gasteiger partial charge in [0.2, 0.25) is 5.91 Å². The standard InChI is InChI=1S/C14H17N3O4/c1-21-11(18)7-15-12(19)10-6-14(20)8-4-2-3-5-9(8)16-13(14)17-10/h2-5,10,13,16-17,20H,6-7H2,1H3,(H,15,19)/t10-,13-,14+/m0/s1. The van der Waals surface area contributed by atoms with E-state index >= 15 is 0 Å². The molecule has 21 heavy (non-hydrogen) atoms. The van der Waals surface area contributed by atoms with Gasteiger partial charge >= 0.3 is 5.97 Å². The molecule has 112 valence electrons. The number of methoxy groups -OCH3 is 1. The van der Waals surface area contributed by atoms with Crippen LogP contribution >= 0.6 is 0 Å². The van der Waals surface area contributed by atoms with Crippen LogP contribution in [0.4, 0.5) is 5.69 Å². The molecule has 4 N–H and O–H groups in total. The molecule has 0 spiro atoms. The normalized spacial score (nSPS) is 29.2. The van der Waals surface area contributed by atoms with Gasteiger partial charge in [-0.1, -0.05) is 18.2 Å². The Morgan fingerprint density at radius 3 is 3.00 bits per heavy atom. The minimum absolute atomic E-state index is 0.180. The molecule has 2 aliphatic rings. The molecule has 1 aromatic carbocycles. The molecule has 0 aliphatic carbocycles.